The summed E-state index contributed by atoms with van der Waals surface area (Å²) >= 11 is 0. The summed E-state index contributed by atoms with van der Waals surface area (Å²) in [5.41, 5.74) is 6.12. The highest BCUT2D eigenvalue weighted by molar-refractivity contribution is 5.59. The fourth-order valence-electron chi connectivity index (χ4n) is 2.61. The number of hydrogen-bond donors (Lipinski definition) is 2. The minimum absolute atomic E-state index is 0.759. The highest BCUT2D eigenvalue weighted by atomic mass is 15.3. The molecule has 0 atom stereocenters. The molecule has 1 aliphatic carbocycles. The lowest BCUT2D eigenvalue weighted by Crippen LogP contribution is -2.14. The van der Waals surface area contributed by atoms with Crippen LogP contribution in [-0.2, 0) is 12.8 Å². The van der Waals surface area contributed by atoms with Crippen LogP contribution in [0.25, 0.3) is 11.4 Å². The van der Waals surface area contributed by atoms with Gasteiger partial charge < -0.3 is 5.43 Å². The summed E-state index contributed by atoms with van der Waals surface area (Å²) in [5, 5.41) is 0. The topological polar surface area (TPSA) is 63.8 Å². The van der Waals surface area contributed by atoms with Gasteiger partial charge in [-0.3, -0.25) is 0 Å². The molecule has 0 fully saturated rings. The lowest BCUT2D eigenvalue weighted by Gasteiger charge is -2.12. The molecular formula is C15H18N4. The standard InChI is InChI=1S/C15H18N4/c16-19-15-12-9-5-2-6-10-13(12)17-14(18-15)11-7-3-1-4-8-11/h1,3-4,7-8H,2,5-6,9-10,16H2,(H,17,18,19). The number of hydrazine groups is 1. The van der Waals surface area contributed by atoms with Gasteiger partial charge in [0.05, 0.1) is 0 Å². The number of nitrogens with two attached hydrogens (primary N) is 1. The van der Waals surface area contributed by atoms with E-state index < -0.39 is 0 Å². The monoisotopic (exact) mass is 254 g/mol. The summed E-state index contributed by atoms with van der Waals surface area (Å²) < 4.78 is 0. The number of aromatic nitrogens is 2. The van der Waals surface area contributed by atoms with Crippen molar-refractivity contribution in [3.05, 3.63) is 41.6 Å². The predicted octanol–water partition coefficient (Wildman–Crippen LogP) is 2.70. The Morgan fingerprint density at radius 3 is 2.53 bits per heavy atom. The van der Waals surface area contributed by atoms with Crippen LogP contribution < -0.4 is 11.3 Å². The van der Waals surface area contributed by atoms with Crippen molar-refractivity contribution < 1.29 is 0 Å². The van der Waals surface area contributed by atoms with E-state index in [1.54, 1.807) is 0 Å². The maximum atomic E-state index is 5.63. The molecule has 0 aliphatic heterocycles. The second-order valence-corrected chi connectivity index (χ2v) is 4.89. The molecule has 1 heterocycles. The summed E-state index contributed by atoms with van der Waals surface area (Å²) in [4.78, 5) is 9.31. The predicted molar refractivity (Wildman–Crippen MR) is 76.5 cm³/mol. The van der Waals surface area contributed by atoms with Crippen LogP contribution in [0.15, 0.2) is 30.3 Å². The van der Waals surface area contributed by atoms with Gasteiger partial charge in [-0.05, 0) is 25.7 Å². The first-order valence-electron chi connectivity index (χ1n) is 6.80. The Balaban J connectivity index is 2.10. The molecule has 0 saturated carbocycles. The molecule has 3 rings (SSSR count). The minimum Gasteiger partial charge on any atom is -0.308 e. The van der Waals surface area contributed by atoms with E-state index in [1.165, 1.54) is 24.8 Å². The van der Waals surface area contributed by atoms with Gasteiger partial charge in [-0.1, -0.05) is 36.8 Å². The van der Waals surface area contributed by atoms with E-state index >= 15 is 0 Å². The Morgan fingerprint density at radius 1 is 0.947 bits per heavy atom. The number of nitrogen functional groups attached to an aromatic ring is 1. The summed E-state index contributed by atoms with van der Waals surface area (Å²) in [7, 11) is 0. The third-order valence-electron chi connectivity index (χ3n) is 3.60. The molecule has 0 amide bonds. The number of anilines is 1. The average molecular weight is 254 g/mol. The van der Waals surface area contributed by atoms with Crippen LogP contribution in [0.4, 0.5) is 5.82 Å². The van der Waals surface area contributed by atoms with E-state index in [4.69, 9.17) is 10.8 Å². The van der Waals surface area contributed by atoms with Crippen LogP contribution in [0.1, 0.15) is 30.5 Å². The van der Waals surface area contributed by atoms with Crippen LogP contribution in [0.3, 0.4) is 0 Å². The van der Waals surface area contributed by atoms with Gasteiger partial charge in [-0.15, -0.1) is 0 Å². The van der Waals surface area contributed by atoms with Crippen molar-refractivity contribution in [2.45, 2.75) is 32.1 Å². The zero-order valence-corrected chi connectivity index (χ0v) is 10.9. The fourth-order valence-corrected chi connectivity index (χ4v) is 2.61. The second kappa shape index (κ2) is 5.36. The molecule has 4 nitrogen and oxygen atoms in total. The van der Waals surface area contributed by atoms with Gasteiger partial charge in [0.25, 0.3) is 0 Å². The average Bonchev–Trinajstić information content (AvgIpc) is 2.72. The molecule has 3 N–H and O–H groups in total. The highest BCUT2D eigenvalue weighted by Gasteiger charge is 2.16. The van der Waals surface area contributed by atoms with E-state index in [0.717, 1.165) is 35.7 Å². The number of rotatable bonds is 2. The summed E-state index contributed by atoms with van der Waals surface area (Å²) in [5.74, 6) is 7.17. The third kappa shape index (κ3) is 2.44. The van der Waals surface area contributed by atoms with E-state index in [1.807, 2.05) is 30.3 Å². The summed E-state index contributed by atoms with van der Waals surface area (Å²) in [6.07, 6.45) is 5.68. The first-order valence-corrected chi connectivity index (χ1v) is 6.80. The van der Waals surface area contributed by atoms with Crippen molar-refractivity contribution in [1.29, 1.82) is 0 Å². The van der Waals surface area contributed by atoms with Gasteiger partial charge in [-0.2, -0.15) is 0 Å². The van der Waals surface area contributed by atoms with Crippen LogP contribution in [0.5, 0.6) is 0 Å². The van der Waals surface area contributed by atoms with Gasteiger partial charge in [0, 0.05) is 16.8 Å². The Hall–Kier alpha value is -1.94. The highest BCUT2D eigenvalue weighted by Crippen LogP contribution is 2.27. The number of fused-ring (bicyclic) bond motifs is 1. The fraction of sp³-hybridized carbons (Fsp3) is 0.333. The first kappa shape index (κ1) is 12.1. The van der Waals surface area contributed by atoms with Crippen LogP contribution in [-0.4, -0.2) is 9.97 Å². The number of nitrogens with one attached hydrogen (secondary N) is 1. The van der Waals surface area contributed by atoms with Crippen molar-refractivity contribution in [3.8, 4) is 11.4 Å². The molecule has 98 valence electrons. The second-order valence-electron chi connectivity index (χ2n) is 4.89. The zero-order chi connectivity index (χ0) is 13.1. The van der Waals surface area contributed by atoms with Crippen molar-refractivity contribution in [1.82, 2.24) is 9.97 Å². The Morgan fingerprint density at radius 2 is 1.74 bits per heavy atom. The number of hydrogen-bond acceptors (Lipinski definition) is 4. The summed E-state index contributed by atoms with van der Waals surface area (Å²) in [6, 6.07) is 10.0. The van der Waals surface area contributed by atoms with Crippen molar-refractivity contribution in [2.75, 3.05) is 5.43 Å². The van der Waals surface area contributed by atoms with E-state index in [-0.39, 0.29) is 0 Å². The smallest absolute Gasteiger partial charge is 0.161 e. The Kier molecular flexibility index (Phi) is 3.42. The molecule has 19 heavy (non-hydrogen) atoms. The van der Waals surface area contributed by atoms with E-state index in [0.29, 0.717) is 0 Å². The maximum absolute atomic E-state index is 5.63. The molecule has 0 unspecified atom stereocenters. The largest absolute Gasteiger partial charge is 0.308 e. The molecule has 1 aromatic heterocycles. The molecule has 0 spiro atoms. The van der Waals surface area contributed by atoms with E-state index in [2.05, 4.69) is 10.4 Å². The third-order valence-corrected chi connectivity index (χ3v) is 3.60. The van der Waals surface area contributed by atoms with Crippen molar-refractivity contribution in [2.24, 2.45) is 5.84 Å². The lowest BCUT2D eigenvalue weighted by atomic mass is 10.1. The summed E-state index contributed by atoms with van der Waals surface area (Å²) in [6.45, 7) is 0. The van der Waals surface area contributed by atoms with Crippen molar-refractivity contribution in [3.63, 3.8) is 0 Å². The van der Waals surface area contributed by atoms with Crippen LogP contribution in [0.2, 0.25) is 0 Å². The van der Waals surface area contributed by atoms with Crippen molar-refractivity contribution >= 4 is 5.82 Å². The van der Waals surface area contributed by atoms with E-state index in [9.17, 15) is 0 Å². The minimum atomic E-state index is 0.759. The quantitative estimate of drug-likeness (QED) is 0.491. The maximum Gasteiger partial charge on any atom is 0.161 e. The molecule has 0 saturated heterocycles. The number of aryl methyl sites for hydroxylation is 1. The van der Waals surface area contributed by atoms with Crippen LogP contribution >= 0.6 is 0 Å². The van der Waals surface area contributed by atoms with Gasteiger partial charge in [0.1, 0.15) is 5.82 Å². The molecule has 4 heteroatoms. The number of benzene rings is 1. The zero-order valence-electron chi connectivity index (χ0n) is 10.9. The normalized spacial score (nSPS) is 14.6. The first-order chi connectivity index (χ1) is 9.38. The molecular weight excluding hydrogens is 236 g/mol. The molecule has 0 bridgehead atoms. The van der Waals surface area contributed by atoms with Gasteiger partial charge in [0.15, 0.2) is 5.82 Å². The lowest BCUT2D eigenvalue weighted by molar-refractivity contribution is 0.709. The van der Waals surface area contributed by atoms with Gasteiger partial charge in [0.2, 0.25) is 0 Å². The molecule has 0 radical (unpaired) electrons. The Labute approximate surface area is 113 Å². The van der Waals surface area contributed by atoms with Gasteiger partial charge >= 0.3 is 0 Å². The Bertz CT molecular complexity index is 566. The molecule has 1 aliphatic rings. The van der Waals surface area contributed by atoms with Gasteiger partial charge in [-0.25, -0.2) is 15.8 Å². The SMILES string of the molecule is NNc1nc(-c2ccccc2)nc2c1CCCCC2. The molecule has 2 aromatic rings. The number of nitrogens with zero attached hydrogens (tertiary/aromatic N) is 2. The molecule has 1 aromatic carbocycles. The van der Waals surface area contributed by atoms with Crippen LogP contribution in [0, 0.1) is 0 Å².